The number of nitrogens with one attached hydrogen (secondary N) is 1. The highest BCUT2D eigenvalue weighted by Gasteiger charge is 2.32. The molecule has 2 rings (SSSR count). The van der Waals surface area contributed by atoms with E-state index in [0.29, 0.717) is 0 Å². The summed E-state index contributed by atoms with van der Waals surface area (Å²) >= 11 is 6.41. The van der Waals surface area contributed by atoms with E-state index in [4.69, 9.17) is 16.3 Å². The first kappa shape index (κ1) is 15.5. The van der Waals surface area contributed by atoms with Crippen LogP contribution in [0.1, 0.15) is 32.3 Å². The summed E-state index contributed by atoms with van der Waals surface area (Å²) < 4.78 is 5.62. The Morgan fingerprint density at radius 3 is 3.00 bits per heavy atom. The van der Waals surface area contributed by atoms with Gasteiger partial charge in [-0.3, -0.25) is 0 Å². The molecule has 1 atom stereocenters. The molecule has 1 unspecified atom stereocenters. The predicted octanol–water partition coefficient (Wildman–Crippen LogP) is 2.85. The van der Waals surface area contributed by atoms with Crippen molar-refractivity contribution < 1.29 is 4.74 Å². The monoisotopic (exact) mass is 297 g/mol. The van der Waals surface area contributed by atoms with Gasteiger partial charge in [-0.2, -0.15) is 0 Å². The normalized spacial score (nSPS) is 23.1. The second-order valence-corrected chi connectivity index (χ2v) is 6.02. The topological polar surface area (TPSA) is 37.4 Å². The minimum Gasteiger partial charge on any atom is -0.377 e. The molecule has 112 valence electrons. The van der Waals surface area contributed by atoms with Crippen LogP contribution in [0.25, 0.3) is 0 Å². The van der Waals surface area contributed by atoms with Crippen molar-refractivity contribution in [3.8, 4) is 0 Å². The summed E-state index contributed by atoms with van der Waals surface area (Å²) in [7, 11) is 1.78. The molecule has 1 aromatic rings. The Hall–Kier alpha value is -0.840. The van der Waals surface area contributed by atoms with Gasteiger partial charge in [0.1, 0.15) is 5.82 Å². The number of ether oxygens (including phenoxy) is 1. The van der Waals surface area contributed by atoms with E-state index in [-0.39, 0.29) is 5.60 Å². The van der Waals surface area contributed by atoms with Gasteiger partial charge in [0, 0.05) is 32.9 Å². The SMILES string of the molecule is CCNCc1cnc(N2CCCC(C)(OC)C2)c(Cl)c1. The summed E-state index contributed by atoms with van der Waals surface area (Å²) in [6.07, 6.45) is 4.08. The number of methoxy groups -OCH3 is 1. The third-order valence-corrected chi connectivity index (χ3v) is 4.19. The van der Waals surface area contributed by atoms with Gasteiger partial charge in [-0.15, -0.1) is 0 Å². The third-order valence-electron chi connectivity index (χ3n) is 3.91. The van der Waals surface area contributed by atoms with Gasteiger partial charge in [-0.05, 0) is 37.9 Å². The van der Waals surface area contributed by atoms with Crippen LogP contribution in [0.4, 0.5) is 5.82 Å². The minimum atomic E-state index is -0.105. The molecule has 0 bridgehead atoms. The zero-order valence-corrected chi connectivity index (χ0v) is 13.3. The molecule has 1 fully saturated rings. The van der Waals surface area contributed by atoms with Crippen LogP contribution in [0.15, 0.2) is 12.3 Å². The lowest BCUT2D eigenvalue weighted by Crippen LogP contribution is -2.47. The number of rotatable bonds is 5. The molecule has 1 aliphatic rings. The maximum Gasteiger partial charge on any atom is 0.147 e. The molecule has 5 heteroatoms. The van der Waals surface area contributed by atoms with Gasteiger partial charge in [0.15, 0.2) is 0 Å². The highest BCUT2D eigenvalue weighted by atomic mass is 35.5. The Balaban J connectivity index is 2.12. The van der Waals surface area contributed by atoms with Crippen molar-refractivity contribution in [1.29, 1.82) is 0 Å². The predicted molar refractivity (Wildman–Crippen MR) is 83.5 cm³/mol. The van der Waals surface area contributed by atoms with Gasteiger partial charge in [-0.25, -0.2) is 4.98 Å². The van der Waals surface area contributed by atoms with Crippen molar-refractivity contribution in [2.75, 3.05) is 31.6 Å². The molecule has 0 amide bonds. The molecule has 0 radical (unpaired) electrons. The first-order chi connectivity index (χ1) is 9.58. The molecular weight excluding hydrogens is 274 g/mol. The van der Waals surface area contributed by atoms with E-state index in [0.717, 1.165) is 55.4 Å². The quantitative estimate of drug-likeness (QED) is 0.907. The van der Waals surface area contributed by atoms with E-state index < -0.39 is 0 Å². The number of pyridine rings is 1. The van der Waals surface area contributed by atoms with E-state index >= 15 is 0 Å². The van der Waals surface area contributed by atoms with E-state index in [1.807, 2.05) is 12.3 Å². The van der Waals surface area contributed by atoms with Gasteiger partial charge in [0.05, 0.1) is 10.6 Å². The molecule has 20 heavy (non-hydrogen) atoms. The molecule has 1 aliphatic heterocycles. The van der Waals surface area contributed by atoms with E-state index in [1.165, 1.54) is 0 Å². The second kappa shape index (κ2) is 6.74. The number of piperidine rings is 1. The fourth-order valence-corrected chi connectivity index (χ4v) is 2.93. The van der Waals surface area contributed by atoms with Gasteiger partial charge < -0.3 is 15.0 Å². The highest BCUT2D eigenvalue weighted by molar-refractivity contribution is 6.33. The van der Waals surface area contributed by atoms with Gasteiger partial charge in [0.25, 0.3) is 0 Å². The summed E-state index contributed by atoms with van der Waals surface area (Å²) in [6.45, 7) is 7.80. The van der Waals surface area contributed by atoms with Crippen LogP contribution >= 0.6 is 11.6 Å². The van der Waals surface area contributed by atoms with Crippen LogP contribution in [0.3, 0.4) is 0 Å². The molecule has 0 saturated carbocycles. The third kappa shape index (κ3) is 3.62. The van der Waals surface area contributed by atoms with Crippen LogP contribution < -0.4 is 10.2 Å². The summed E-state index contributed by atoms with van der Waals surface area (Å²) in [5.41, 5.74) is 1.01. The molecule has 1 N–H and O–H groups in total. The minimum absolute atomic E-state index is 0.105. The second-order valence-electron chi connectivity index (χ2n) is 5.61. The van der Waals surface area contributed by atoms with Crippen molar-refractivity contribution in [3.05, 3.63) is 22.8 Å². The van der Waals surface area contributed by atoms with E-state index in [1.54, 1.807) is 7.11 Å². The first-order valence-electron chi connectivity index (χ1n) is 7.23. The smallest absolute Gasteiger partial charge is 0.147 e. The number of aromatic nitrogens is 1. The van der Waals surface area contributed by atoms with Crippen molar-refractivity contribution in [2.24, 2.45) is 0 Å². The Morgan fingerprint density at radius 2 is 2.35 bits per heavy atom. The molecule has 0 aromatic carbocycles. The van der Waals surface area contributed by atoms with Crippen LogP contribution in [-0.4, -0.2) is 37.3 Å². The number of hydrogen-bond acceptors (Lipinski definition) is 4. The zero-order chi connectivity index (χ0) is 14.6. The Bertz CT molecular complexity index is 455. The summed E-state index contributed by atoms with van der Waals surface area (Å²) in [6, 6.07) is 2.01. The maximum atomic E-state index is 6.41. The lowest BCUT2D eigenvalue weighted by atomic mass is 9.95. The van der Waals surface area contributed by atoms with Crippen molar-refractivity contribution in [2.45, 2.75) is 38.8 Å². The molecule has 0 spiro atoms. The Labute approximate surface area is 126 Å². The van der Waals surface area contributed by atoms with Gasteiger partial charge in [0.2, 0.25) is 0 Å². The van der Waals surface area contributed by atoms with Crippen molar-refractivity contribution >= 4 is 17.4 Å². The maximum absolute atomic E-state index is 6.41. The summed E-state index contributed by atoms with van der Waals surface area (Å²) in [5, 5.41) is 4.00. The molecule has 4 nitrogen and oxygen atoms in total. The number of hydrogen-bond donors (Lipinski definition) is 1. The Morgan fingerprint density at radius 1 is 1.55 bits per heavy atom. The van der Waals surface area contributed by atoms with Gasteiger partial charge >= 0.3 is 0 Å². The lowest BCUT2D eigenvalue weighted by molar-refractivity contribution is -0.00480. The van der Waals surface area contributed by atoms with Crippen LogP contribution in [0.2, 0.25) is 5.02 Å². The molecule has 1 saturated heterocycles. The van der Waals surface area contributed by atoms with E-state index in [9.17, 15) is 0 Å². The van der Waals surface area contributed by atoms with Crippen LogP contribution in [-0.2, 0) is 11.3 Å². The molecular formula is C15H24ClN3O. The number of halogens is 1. The molecule has 2 heterocycles. The van der Waals surface area contributed by atoms with Crippen LogP contribution in [0, 0.1) is 0 Å². The average Bonchev–Trinajstić information content (AvgIpc) is 2.45. The number of nitrogens with zero attached hydrogens (tertiary/aromatic N) is 2. The molecule has 1 aromatic heterocycles. The summed E-state index contributed by atoms with van der Waals surface area (Å²) in [4.78, 5) is 6.78. The number of anilines is 1. The Kier molecular flexibility index (Phi) is 5.24. The lowest BCUT2D eigenvalue weighted by Gasteiger charge is -2.40. The summed E-state index contributed by atoms with van der Waals surface area (Å²) in [5.74, 6) is 0.870. The van der Waals surface area contributed by atoms with Crippen molar-refractivity contribution in [3.63, 3.8) is 0 Å². The highest BCUT2D eigenvalue weighted by Crippen LogP contribution is 2.31. The van der Waals surface area contributed by atoms with E-state index in [2.05, 4.69) is 29.0 Å². The fraction of sp³-hybridized carbons (Fsp3) is 0.667. The fourth-order valence-electron chi connectivity index (χ4n) is 2.62. The standard InChI is InChI=1S/C15H24ClN3O/c1-4-17-9-12-8-13(16)14(18-10-12)19-7-5-6-15(2,11-19)20-3/h8,10,17H,4-7,9,11H2,1-3H3. The molecule has 0 aliphatic carbocycles. The average molecular weight is 298 g/mol. The largest absolute Gasteiger partial charge is 0.377 e. The zero-order valence-electron chi connectivity index (χ0n) is 12.6. The first-order valence-corrected chi connectivity index (χ1v) is 7.61. The van der Waals surface area contributed by atoms with Gasteiger partial charge in [-0.1, -0.05) is 18.5 Å². The van der Waals surface area contributed by atoms with Crippen molar-refractivity contribution in [1.82, 2.24) is 10.3 Å². The van der Waals surface area contributed by atoms with Crippen LogP contribution in [0.5, 0.6) is 0 Å².